The predicted molar refractivity (Wildman–Crippen MR) is 73.4 cm³/mol. The lowest BCUT2D eigenvalue weighted by Crippen LogP contribution is -2.47. The number of imide groups is 1. The molecule has 1 saturated heterocycles. The van der Waals surface area contributed by atoms with Crippen LogP contribution in [0, 0.1) is 0 Å². The predicted octanol–water partition coefficient (Wildman–Crippen LogP) is -0.809. The first-order chi connectivity index (χ1) is 9.65. The molecule has 3 N–H and O–H groups in total. The van der Waals surface area contributed by atoms with Crippen molar-refractivity contribution in [3.8, 4) is 0 Å². The van der Waals surface area contributed by atoms with Gasteiger partial charge in [0.2, 0.25) is 5.91 Å². The number of amides is 2. The third-order valence-electron chi connectivity index (χ3n) is 3.03. The van der Waals surface area contributed by atoms with E-state index in [0.29, 0.717) is 18.8 Å². The summed E-state index contributed by atoms with van der Waals surface area (Å²) >= 11 is 0. The number of hydrogen-bond donors (Lipinski definition) is 3. The molecule has 110 valence electrons. The fourth-order valence-corrected chi connectivity index (χ4v) is 2.10. The van der Waals surface area contributed by atoms with E-state index in [1.54, 1.807) is 18.3 Å². The summed E-state index contributed by atoms with van der Waals surface area (Å²) in [4.78, 5) is 28.0. The minimum absolute atomic E-state index is 0.0839. The van der Waals surface area contributed by atoms with E-state index in [2.05, 4.69) is 15.6 Å². The van der Waals surface area contributed by atoms with Gasteiger partial charge in [-0.25, -0.2) is 0 Å². The standard InChI is InChI=1S/C13H20N4O3/c1-17(8-10-7-14-5-6-20-10)9-12(18)16-13(19)11-3-2-4-15-11/h2-4,10,14-15H,5-9H2,1H3,(H,16,18,19). The van der Waals surface area contributed by atoms with E-state index in [9.17, 15) is 9.59 Å². The van der Waals surface area contributed by atoms with E-state index in [4.69, 9.17) is 4.74 Å². The number of nitrogens with zero attached hydrogens (tertiary/aromatic N) is 1. The molecule has 1 unspecified atom stereocenters. The van der Waals surface area contributed by atoms with Gasteiger partial charge < -0.3 is 15.0 Å². The van der Waals surface area contributed by atoms with Gasteiger partial charge in [0.15, 0.2) is 0 Å². The number of H-pyrrole nitrogens is 1. The Morgan fingerprint density at radius 3 is 3.05 bits per heavy atom. The fraction of sp³-hybridized carbons (Fsp3) is 0.538. The molecule has 20 heavy (non-hydrogen) atoms. The van der Waals surface area contributed by atoms with E-state index in [1.807, 2.05) is 11.9 Å². The lowest BCUT2D eigenvalue weighted by molar-refractivity contribution is -0.121. The van der Waals surface area contributed by atoms with Crippen LogP contribution < -0.4 is 10.6 Å². The number of nitrogens with one attached hydrogen (secondary N) is 3. The molecule has 2 heterocycles. The maximum absolute atomic E-state index is 11.8. The SMILES string of the molecule is CN(CC(=O)NC(=O)c1ccc[nH]1)CC1CNCCO1. The van der Waals surface area contributed by atoms with Gasteiger partial charge in [-0.2, -0.15) is 0 Å². The summed E-state index contributed by atoms with van der Waals surface area (Å²) in [6.07, 6.45) is 1.72. The lowest BCUT2D eigenvalue weighted by Gasteiger charge is -2.27. The van der Waals surface area contributed by atoms with Crippen LogP contribution in [0.5, 0.6) is 0 Å². The Kier molecular flexibility index (Phi) is 5.28. The third kappa shape index (κ3) is 4.44. The topological polar surface area (TPSA) is 86.5 Å². The average molecular weight is 280 g/mol. The summed E-state index contributed by atoms with van der Waals surface area (Å²) in [6.45, 7) is 3.15. The Balaban J connectivity index is 1.71. The van der Waals surface area contributed by atoms with Crippen molar-refractivity contribution in [3.05, 3.63) is 24.0 Å². The molecule has 2 rings (SSSR count). The van der Waals surface area contributed by atoms with Gasteiger partial charge >= 0.3 is 0 Å². The zero-order chi connectivity index (χ0) is 14.4. The maximum Gasteiger partial charge on any atom is 0.274 e. The molecular weight excluding hydrogens is 260 g/mol. The first-order valence-electron chi connectivity index (χ1n) is 6.63. The number of aromatic amines is 1. The quantitative estimate of drug-likeness (QED) is 0.657. The highest BCUT2D eigenvalue weighted by Crippen LogP contribution is 1.99. The Labute approximate surface area is 117 Å². The number of hydrogen-bond acceptors (Lipinski definition) is 5. The minimum Gasteiger partial charge on any atom is -0.374 e. The van der Waals surface area contributed by atoms with Crippen LogP contribution in [0.3, 0.4) is 0 Å². The second-order valence-electron chi connectivity index (χ2n) is 4.85. The van der Waals surface area contributed by atoms with Gasteiger partial charge in [-0.3, -0.25) is 19.8 Å². The van der Waals surface area contributed by atoms with Crippen molar-refractivity contribution in [2.75, 3.05) is 39.8 Å². The number of ether oxygens (including phenoxy) is 1. The Morgan fingerprint density at radius 1 is 1.55 bits per heavy atom. The molecule has 0 aliphatic carbocycles. The van der Waals surface area contributed by atoms with E-state index >= 15 is 0 Å². The monoisotopic (exact) mass is 280 g/mol. The first-order valence-corrected chi connectivity index (χ1v) is 6.63. The minimum atomic E-state index is -0.413. The number of aromatic nitrogens is 1. The van der Waals surface area contributed by atoms with Crippen LogP contribution >= 0.6 is 0 Å². The molecule has 1 aliphatic heterocycles. The molecule has 2 amide bonds. The number of carbonyl (C=O) groups excluding carboxylic acids is 2. The normalized spacial score (nSPS) is 19.0. The van der Waals surface area contributed by atoms with Gasteiger partial charge in [0.05, 0.1) is 19.3 Å². The van der Waals surface area contributed by atoms with E-state index in [1.165, 1.54) is 0 Å². The van der Waals surface area contributed by atoms with Crippen molar-refractivity contribution in [3.63, 3.8) is 0 Å². The smallest absolute Gasteiger partial charge is 0.274 e. The molecule has 0 saturated carbocycles. The number of morpholine rings is 1. The summed E-state index contributed by atoms with van der Waals surface area (Å²) in [6, 6.07) is 3.33. The van der Waals surface area contributed by atoms with Gasteiger partial charge in [-0.1, -0.05) is 0 Å². The summed E-state index contributed by atoms with van der Waals surface area (Å²) in [5.41, 5.74) is 0.376. The Hall–Kier alpha value is -1.70. The summed E-state index contributed by atoms with van der Waals surface area (Å²) < 4.78 is 5.56. The van der Waals surface area contributed by atoms with Gasteiger partial charge in [0.1, 0.15) is 5.69 Å². The molecule has 0 aromatic carbocycles. The lowest BCUT2D eigenvalue weighted by atomic mass is 10.3. The van der Waals surface area contributed by atoms with E-state index in [-0.39, 0.29) is 18.6 Å². The van der Waals surface area contributed by atoms with Crippen molar-refractivity contribution in [2.45, 2.75) is 6.10 Å². The molecule has 0 radical (unpaired) electrons. The molecule has 0 bridgehead atoms. The van der Waals surface area contributed by atoms with Gasteiger partial charge in [0, 0.05) is 25.8 Å². The Morgan fingerprint density at radius 2 is 2.40 bits per heavy atom. The summed E-state index contributed by atoms with van der Waals surface area (Å²) in [5, 5.41) is 5.58. The first kappa shape index (κ1) is 14.7. The highest BCUT2D eigenvalue weighted by atomic mass is 16.5. The van der Waals surface area contributed by atoms with Crippen molar-refractivity contribution < 1.29 is 14.3 Å². The molecule has 1 aliphatic rings. The zero-order valence-electron chi connectivity index (χ0n) is 11.5. The molecule has 7 nitrogen and oxygen atoms in total. The van der Waals surface area contributed by atoms with Gasteiger partial charge in [-0.15, -0.1) is 0 Å². The van der Waals surface area contributed by atoms with Crippen LogP contribution in [-0.2, 0) is 9.53 Å². The largest absolute Gasteiger partial charge is 0.374 e. The van der Waals surface area contributed by atoms with Gasteiger partial charge in [-0.05, 0) is 19.2 Å². The van der Waals surface area contributed by atoms with E-state index in [0.717, 1.165) is 13.1 Å². The zero-order valence-corrected chi connectivity index (χ0v) is 11.5. The van der Waals surface area contributed by atoms with Crippen molar-refractivity contribution in [2.24, 2.45) is 0 Å². The van der Waals surface area contributed by atoms with Crippen molar-refractivity contribution in [1.29, 1.82) is 0 Å². The highest BCUT2D eigenvalue weighted by Gasteiger charge is 2.18. The second kappa shape index (κ2) is 7.18. The second-order valence-corrected chi connectivity index (χ2v) is 4.85. The Bertz CT molecular complexity index is 440. The van der Waals surface area contributed by atoms with Crippen LogP contribution in [0.2, 0.25) is 0 Å². The molecule has 1 atom stereocenters. The third-order valence-corrected chi connectivity index (χ3v) is 3.03. The molecule has 0 spiro atoms. The van der Waals surface area contributed by atoms with Crippen LogP contribution in [0.4, 0.5) is 0 Å². The summed E-state index contributed by atoms with van der Waals surface area (Å²) in [5.74, 6) is -0.736. The molecule has 1 fully saturated rings. The summed E-state index contributed by atoms with van der Waals surface area (Å²) in [7, 11) is 1.83. The highest BCUT2D eigenvalue weighted by molar-refractivity contribution is 6.04. The molecule has 1 aromatic rings. The number of carbonyl (C=O) groups is 2. The molecule has 1 aromatic heterocycles. The average Bonchev–Trinajstić information content (AvgIpc) is 2.93. The van der Waals surface area contributed by atoms with Crippen LogP contribution in [-0.4, -0.2) is 67.6 Å². The van der Waals surface area contributed by atoms with Crippen LogP contribution in [0.15, 0.2) is 18.3 Å². The number of likely N-dealkylation sites (N-methyl/N-ethyl adjacent to an activating group) is 1. The van der Waals surface area contributed by atoms with E-state index < -0.39 is 5.91 Å². The van der Waals surface area contributed by atoms with Crippen LogP contribution in [0.1, 0.15) is 10.5 Å². The van der Waals surface area contributed by atoms with Crippen molar-refractivity contribution >= 4 is 11.8 Å². The van der Waals surface area contributed by atoms with Crippen LogP contribution in [0.25, 0.3) is 0 Å². The molecule has 7 heteroatoms. The van der Waals surface area contributed by atoms with Gasteiger partial charge in [0.25, 0.3) is 5.91 Å². The fourth-order valence-electron chi connectivity index (χ4n) is 2.10. The van der Waals surface area contributed by atoms with Crippen molar-refractivity contribution in [1.82, 2.24) is 20.5 Å². The maximum atomic E-state index is 11.8. The molecular formula is C13H20N4O3. The number of rotatable bonds is 5.